The predicted octanol–water partition coefficient (Wildman–Crippen LogP) is 2.97. The highest BCUT2D eigenvalue weighted by molar-refractivity contribution is 7.11. The summed E-state index contributed by atoms with van der Waals surface area (Å²) >= 11 is 1.81. The Morgan fingerprint density at radius 2 is 2.40 bits per heavy atom. The molecule has 10 heavy (non-hydrogen) atoms. The molecule has 1 heterocycles. The van der Waals surface area contributed by atoms with Gasteiger partial charge in [0.15, 0.2) is 0 Å². The van der Waals surface area contributed by atoms with Crippen LogP contribution in [0.2, 0.25) is 0 Å². The molecule has 1 unspecified atom stereocenters. The molecule has 2 heteroatoms. The van der Waals surface area contributed by atoms with Gasteiger partial charge in [0.1, 0.15) is 0 Å². The lowest BCUT2D eigenvalue weighted by Gasteiger charge is -2.00. The number of hydrogen-bond donors (Lipinski definition) is 0. The molecule has 1 aromatic rings. The topological polar surface area (TPSA) is 12.9 Å². The first-order valence-corrected chi connectivity index (χ1v) is 4.48. The van der Waals surface area contributed by atoms with Crippen LogP contribution < -0.4 is 0 Å². The maximum Gasteiger partial charge on any atom is 0.0955 e. The Morgan fingerprint density at radius 3 is 2.80 bits per heavy atom. The van der Waals surface area contributed by atoms with Gasteiger partial charge in [-0.05, 0) is 13.3 Å². The number of nitrogens with zero attached hydrogens (tertiary/aromatic N) is 1. The average Bonchev–Trinajstić information content (AvgIpc) is 2.34. The molecule has 0 N–H and O–H groups in total. The summed E-state index contributed by atoms with van der Waals surface area (Å²) in [5.41, 5.74) is 0. The van der Waals surface area contributed by atoms with Crippen molar-refractivity contribution in [2.75, 3.05) is 0 Å². The zero-order valence-electron chi connectivity index (χ0n) is 6.72. The van der Waals surface area contributed by atoms with Gasteiger partial charge in [-0.15, -0.1) is 11.3 Å². The van der Waals surface area contributed by atoms with Crippen LogP contribution in [0.3, 0.4) is 0 Å². The fourth-order valence-corrected chi connectivity index (χ4v) is 1.68. The highest BCUT2D eigenvalue weighted by Crippen LogP contribution is 2.22. The fraction of sp³-hybridized carbons (Fsp3) is 0.625. The van der Waals surface area contributed by atoms with Crippen molar-refractivity contribution in [1.82, 2.24) is 4.98 Å². The van der Waals surface area contributed by atoms with E-state index >= 15 is 0 Å². The molecule has 0 amide bonds. The van der Waals surface area contributed by atoms with Crippen molar-refractivity contribution >= 4 is 11.3 Å². The molecule has 0 radical (unpaired) electrons. The third kappa shape index (κ3) is 1.57. The van der Waals surface area contributed by atoms with E-state index in [0.717, 1.165) is 0 Å². The molecule has 0 aliphatic rings. The Hall–Kier alpha value is -0.370. The molecule has 0 aliphatic carbocycles. The Bertz CT molecular complexity index is 205. The van der Waals surface area contributed by atoms with Crippen LogP contribution in [0, 0.1) is 6.92 Å². The van der Waals surface area contributed by atoms with Crippen LogP contribution in [-0.2, 0) is 0 Å². The van der Waals surface area contributed by atoms with E-state index in [1.54, 1.807) is 0 Å². The molecular weight excluding hydrogens is 142 g/mol. The van der Waals surface area contributed by atoms with Crippen molar-refractivity contribution < 1.29 is 0 Å². The van der Waals surface area contributed by atoms with Gasteiger partial charge in [-0.3, -0.25) is 0 Å². The van der Waals surface area contributed by atoms with Gasteiger partial charge in [0.05, 0.1) is 5.01 Å². The largest absolute Gasteiger partial charge is 0.249 e. The molecule has 1 nitrogen and oxygen atoms in total. The lowest BCUT2D eigenvalue weighted by molar-refractivity contribution is 0.726. The highest BCUT2D eigenvalue weighted by Gasteiger charge is 2.05. The molecule has 1 rings (SSSR count). The first kappa shape index (κ1) is 7.73. The number of thiazole rings is 1. The van der Waals surface area contributed by atoms with E-state index in [1.165, 1.54) is 16.3 Å². The first-order valence-electron chi connectivity index (χ1n) is 3.66. The predicted molar refractivity (Wildman–Crippen MR) is 45.6 cm³/mol. The summed E-state index contributed by atoms with van der Waals surface area (Å²) in [5.74, 6) is 0.638. The van der Waals surface area contributed by atoms with E-state index in [-0.39, 0.29) is 0 Å². The number of rotatable bonds is 2. The minimum Gasteiger partial charge on any atom is -0.249 e. The normalized spacial score (nSPS) is 13.5. The minimum absolute atomic E-state index is 0.638. The molecule has 1 atom stereocenters. The summed E-state index contributed by atoms with van der Waals surface area (Å²) < 4.78 is 0. The molecule has 0 spiro atoms. The van der Waals surface area contributed by atoms with Crippen LogP contribution in [0.4, 0.5) is 0 Å². The second-order valence-electron chi connectivity index (χ2n) is 2.62. The van der Waals surface area contributed by atoms with Crippen molar-refractivity contribution in [1.29, 1.82) is 0 Å². The zero-order valence-corrected chi connectivity index (χ0v) is 7.53. The lowest BCUT2D eigenvalue weighted by Crippen LogP contribution is -1.87. The molecule has 0 saturated heterocycles. The van der Waals surface area contributed by atoms with Gasteiger partial charge in [-0.25, -0.2) is 4.98 Å². The number of aromatic nitrogens is 1. The van der Waals surface area contributed by atoms with Crippen molar-refractivity contribution in [2.24, 2.45) is 0 Å². The van der Waals surface area contributed by atoms with Crippen molar-refractivity contribution in [3.63, 3.8) is 0 Å². The van der Waals surface area contributed by atoms with Crippen molar-refractivity contribution in [3.05, 3.63) is 16.1 Å². The van der Waals surface area contributed by atoms with Gasteiger partial charge >= 0.3 is 0 Å². The smallest absolute Gasteiger partial charge is 0.0955 e. The second kappa shape index (κ2) is 3.15. The Morgan fingerprint density at radius 1 is 1.70 bits per heavy atom. The van der Waals surface area contributed by atoms with E-state index in [9.17, 15) is 0 Å². The van der Waals surface area contributed by atoms with Crippen molar-refractivity contribution in [2.45, 2.75) is 33.1 Å². The highest BCUT2D eigenvalue weighted by atomic mass is 32.1. The van der Waals surface area contributed by atoms with Gasteiger partial charge in [0.2, 0.25) is 0 Å². The number of hydrogen-bond acceptors (Lipinski definition) is 2. The summed E-state index contributed by atoms with van der Waals surface area (Å²) in [6.07, 6.45) is 3.14. The molecule has 0 bridgehead atoms. The minimum atomic E-state index is 0.638. The third-order valence-corrected chi connectivity index (χ3v) is 2.82. The van der Waals surface area contributed by atoms with E-state index in [0.29, 0.717) is 5.92 Å². The van der Waals surface area contributed by atoms with Crippen LogP contribution in [-0.4, -0.2) is 4.98 Å². The van der Waals surface area contributed by atoms with Gasteiger partial charge in [0, 0.05) is 17.0 Å². The average molecular weight is 155 g/mol. The first-order chi connectivity index (χ1) is 4.74. The summed E-state index contributed by atoms with van der Waals surface area (Å²) in [7, 11) is 0. The molecule has 0 saturated carbocycles. The monoisotopic (exact) mass is 155 g/mol. The fourth-order valence-electron chi connectivity index (χ4n) is 0.775. The van der Waals surface area contributed by atoms with Crippen LogP contribution in [0.15, 0.2) is 6.20 Å². The van der Waals surface area contributed by atoms with Crippen LogP contribution in [0.25, 0.3) is 0 Å². The third-order valence-electron chi connectivity index (χ3n) is 1.67. The standard InChI is InChI=1S/C8H13NS/c1-4-6(2)8-9-5-7(3)10-8/h5-6H,4H2,1-3H3. The maximum atomic E-state index is 4.31. The lowest BCUT2D eigenvalue weighted by atomic mass is 10.1. The molecule has 0 aliphatic heterocycles. The van der Waals surface area contributed by atoms with E-state index in [1.807, 2.05) is 17.5 Å². The van der Waals surface area contributed by atoms with Gasteiger partial charge < -0.3 is 0 Å². The van der Waals surface area contributed by atoms with E-state index in [4.69, 9.17) is 0 Å². The van der Waals surface area contributed by atoms with Crippen LogP contribution in [0.5, 0.6) is 0 Å². The SMILES string of the molecule is CCC(C)c1ncc(C)s1. The molecule has 56 valence electrons. The van der Waals surface area contributed by atoms with Gasteiger partial charge in [0.25, 0.3) is 0 Å². The van der Waals surface area contributed by atoms with E-state index in [2.05, 4.69) is 25.8 Å². The molecule has 0 aromatic carbocycles. The second-order valence-corrected chi connectivity index (χ2v) is 3.88. The molecular formula is C8H13NS. The van der Waals surface area contributed by atoms with Gasteiger partial charge in [-0.2, -0.15) is 0 Å². The van der Waals surface area contributed by atoms with Crippen LogP contribution >= 0.6 is 11.3 Å². The maximum absolute atomic E-state index is 4.31. The summed E-state index contributed by atoms with van der Waals surface area (Å²) in [4.78, 5) is 5.62. The Kier molecular flexibility index (Phi) is 2.44. The summed E-state index contributed by atoms with van der Waals surface area (Å²) in [6.45, 7) is 6.52. The Balaban J connectivity index is 2.74. The van der Waals surface area contributed by atoms with E-state index < -0.39 is 0 Å². The summed E-state index contributed by atoms with van der Waals surface area (Å²) in [5, 5.41) is 1.28. The van der Waals surface area contributed by atoms with Crippen LogP contribution in [0.1, 0.15) is 36.1 Å². The number of aryl methyl sites for hydroxylation is 1. The van der Waals surface area contributed by atoms with Gasteiger partial charge in [-0.1, -0.05) is 13.8 Å². The quantitative estimate of drug-likeness (QED) is 0.640. The van der Waals surface area contributed by atoms with Crippen molar-refractivity contribution in [3.8, 4) is 0 Å². The summed E-state index contributed by atoms with van der Waals surface area (Å²) in [6, 6.07) is 0. The zero-order chi connectivity index (χ0) is 7.56. The Labute approximate surface area is 66.1 Å². The molecule has 0 fully saturated rings. The molecule has 1 aromatic heterocycles.